The molecule has 0 unspecified atom stereocenters. The number of aromatic hydroxyl groups is 1. The molecular formula is C17H23NO. The van der Waals surface area contributed by atoms with Crippen LogP contribution in [0.15, 0.2) is 18.2 Å². The molecule has 19 heavy (non-hydrogen) atoms. The average Bonchev–Trinajstić information content (AvgIpc) is 2.86. The standard InChI is InChI=1S/C17H23NO/c1-2-18-9-8-17-7-3-4-14(17)16(18)10-12-5-6-13(19)11-15(12)17/h5-6,11,14,16,19H,2-4,7-10H2,1H3/t14-,16+,17+/m0/s1. The molecule has 3 atom stereocenters. The van der Waals surface area contributed by atoms with Crippen LogP contribution in [-0.4, -0.2) is 29.1 Å². The van der Waals surface area contributed by atoms with Gasteiger partial charge in [-0.2, -0.15) is 0 Å². The van der Waals surface area contributed by atoms with E-state index in [1.54, 1.807) is 0 Å². The SMILES string of the molecule is CCN1CC[C@]23CCC[C@H]2[C@H]1Cc1ccc(O)cc13. The lowest BCUT2D eigenvalue weighted by Crippen LogP contribution is -2.57. The van der Waals surface area contributed by atoms with Gasteiger partial charge in [0, 0.05) is 11.5 Å². The predicted molar refractivity (Wildman–Crippen MR) is 76.5 cm³/mol. The Balaban J connectivity index is 1.88. The lowest BCUT2D eigenvalue weighted by atomic mass is 9.59. The lowest BCUT2D eigenvalue weighted by molar-refractivity contribution is 0.0352. The zero-order valence-electron chi connectivity index (χ0n) is 11.7. The van der Waals surface area contributed by atoms with Crippen molar-refractivity contribution in [1.82, 2.24) is 4.90 Å². The predicted octanol–water partition coefficient (Wildman–Crippen LogP) is 3.08. The Kier molecular flexibility index (Phi) is 2.47. The molecule has 3 aliphatic rings. The Bertz CT molecular complexity index is 512. The fourth-order valence-electron chi connectivity index (χ4n) is 5.30. The highest BCUT2D eigenvalue weighted by molar-refractivity contribution is 5.45. The smallest absolute Gasteiger partial charge is 0.115 e. The molecule has 2 nitrogen and oxygen atoms in total. The van der Waals surface area contributed by atoms with Gasteiger partial charge >= 0.3 is 0 Å². The van der Waals surface area contributed by atoms with Crippen molar-refractivity contribution < 1.29 is 5.11 Å². The molecule has 1 aromatic carbocycles. The number of phenolic OH excluding ortho intramolecular Hbond substituents is 1. The van der Waals surface area contributed by atoms with E-state index < -0.39 is 0 Å². The molecule has 1 N–H and O–H groups in total. The van der Waals surface area contributed by atoms with Crippen LogP contribution in [0.2, 0.25) is 0 Å². The Morgan fingerprint density at radius 2 is 2.26 bits per heavy atom. The summed E-state index contributed by atoms with van der Waals surface area (Å²) in [5.41, 5.74) is 3.38. The highest BCUT2D eigenvalue weighted by Gasteiger charge is 2.54. The summed E-state index contributed by atoms with van der Waals surface area (Å²) in [5, 5.41) is 9.89. The van der Waals surface area contributed by atoms with Crippen LogP contribution in [0, 0.1) is 5.92 Å². The second-order valence-electron chi connectivity index (χ2n) is 6.65. The molecule has 0 amide bonds. The number of phenols is 1. The first-order valence-electron chi connectivity index (χ1n) is 7.81. The van der Waals surface area contributed by atoms with Crippen LogP contribution in [-0.2, 0) is 11.8 Å². The lowest BCUT2D eigenvalue weighted by Gasteiger charge is -2.54. The van der Waals surface area contributed by atoms with Gasteiger partial charge < -0.3 is 5.11 Å². The van der Waals surface area contributed by atoms with E-state index in [1.807, 2.05) is 6.07 Å². The molecule has 2 heteroatoms. The van der Waals surface area contributed by atoms with Crippen molar-refractivity contribution in [3.63, 3.8) is 0 Å². The van der Waals surface area contributed by atoms with Crippen LogP contribution in [0.4, 0.5) is 0 Å². The van der Waals surface area contributed by atoms with Crippen molar-refractivity contribution in [1.29, 1.82) is 0 Å². The number of hydrogen-bond donors (Lipinski definition) is 1. The van der Waals surface area contributed by atoms with Gasteiger partial charge in [-0.25, -0.2) is 0 Å². The second kappa shape index (κ2) is 3.99. The summed E-state index contributed by atoms with van der Waals surface area (Å²) < 4.78 is 0. The van der Waals surface area contributed by atoms with Crippen LogP contribution in [0.25, 0.3) is 0 Å². The highest BCUT2D eigenvalue weighted by atomic mass is 16.3. The summed E-state index contributed by atoms with van der Waals surface area (Å²) >= 11 is 0. The largest absolute Gasteiger partial charge is 0.508 e. The summed E-state index contributed by atoms with van der Waals surface area (Å²) in [4.78, 5) is 2.70. The Hall–Kier alpha value is -1.02. The van der Waals surface area contributed by atoms with Crippen molar-refractivity contribution in [2.24, 2.45) is 5.92 Å². The molecule has 1 saturated heterocycles. The first kappa shape index (κ1) is 11.8. The molecule has 1 aliphatic heterocycles. The summed E-state index contributed by atoms with van der Waals surface area (Å²) in [6.45, 7) is 4.73. The zero-order valence-corrected chi connectivity index (χ0v) is 11.7. The van der Waals surface area contributed by atoms with E-state index in [0.29, 0.717) is 11.2 Å². The third-order valence-electron chi connectivity index (χ3n) is 6.09. The fourth-order valence-corrected chi connectivity index (χ4v) is 5.30. The molecule has 1 aromatic rings. The van der Waals surface area contributed by atoms with Crippen molar-refractivity contribution in [3.05, 3.63) is 29.3 Å². The molecule has 4 rings (SSSR count). The monoisotopic (exact) mass is 257 g/mol. The van der Waals surface area contributed by atoms with Gasteiger partial charge in [0.2, 0.25) is 0 Å². The molecule has 1 saturated carbocycles. The van der Waals surface area contributed by atoms with E-state index in [9.17, 15) is 5.11 Å². The third kappa shape index (κ3) is 1.47. The molecule has 0 aromatic heterocycles. The van der Waals surface area contributed by atoms with Crippen LogP contribution >= 0.6 is 0 Å². The molecule has 0 radical (unpaired) electrons. The van der Waals surface area contributed by atoms with Gasteiger partial charge in [0.1, 0.15) is 5.75 Å². The summed E-state index contributed by atoms with van der Waals surface area (Å²) in [6.07, 6.45) is 6.57. The van der Waals surface area contributed by atoms with Gasteiger partial charge in [-0.1, -0.05) is 19.4 Å². The quantitative estimate of drug-likeness (QED) is 0.835. The number of piperidine rings is 1. The Labute approximate surface area is 115 Å². The fraction of sp³-hybridized carbons (Fsp3) is 0.647. The van der Waals surface area contributed by atoms with Gasteiger partial charge in [-0.3, -0.25) is 4.90 Å². The molecule has 2 fully saturated rings. The number of nitrogens with zero attached hydrogens (tertiary/aromatic N) is 1. The number of likely N-dealkylation sites (N-methyl/N-ethyl adjacent to an activating group) is 1. The zero-order chi connectivity index (χ0) is 13.0. The van der Waals surface area contributed by atoms with Gasteiger partial charge in [-0.15, -0.1) is 0 Å². The summed E-state index contributed by atoms with van der Waals surface area (Å²) in [6, 6.07) is 6.87. The first-order valence-corrected chi connectivity index (χ1v) is 7.81. The number of rotatable bonds is 1. The topological polar surface area (TPSA) is 23.5 Å². The molecule has 2 aliphatic carbocycles. The van der Waals surface area contributed by atoms with Crippen LogP contribution < -0.4 is 0 Å². The van der Waals surface area contributed by atoms with Gasteiger partial charge in [-0.05, 0) is 68.0 Å². The minimum absolute atomic E-state index is 0.392. The number of benzene rings is 1. The first-order chi connectivity index (χ1) is 9.24. The minimum atomic E-state index is 0.392. The maximum Gasteiger partial charge on any atom is 0.115 e. The normalized spacial score (nSPS) is 36.9. The molecular weight excluding hydrogens is 234 g/mol. The van der Waals surface area contributed by atoms with Crippen molar-refractivity contribution in [2.75, 3.05) is 13.1 Å². The maximum absolute atomic E-state index is 9.89. The Morgan fingerprint density at radius 3 is 3.11 bits per heavy atom. The van der Waals surface area contributed by atoms with E-state index in [4.69, 9.17) is 0 Å². The van der Waals surface area contributed by atoms with Crippen molar-refractivity contribution in [2.45, 2.75) is 50.5 Å². The molecule has 1 heterocycles. The van der Waals surface area contributed by atoms with E-state index >= 15 is 0 Å². The van der Waals surface area contributed by atoms with E-state index in [-0.39, 0.29) is 0 Å². The van der Waals surface area contributed by atoms with E-state index in [0.717, 1.165) is 12.0 Å². The maximum atomic E-state index is 9.89. The minimum Gasteiger partial charge on any atom is -0.508 e. The van der Waals surface area contributed by atoms with Gasteiger partial charge in [0.25, 0.3) is 0 Å². The van der Waals surface area contributed by atoms with E-state index in [2.05, 4.69) is 24.0 Å². The number of hydrogen-bond acceptors (Lipinski definition) is 2. The third-order valence-corrected chi connectivity index (χ3v) is 6.09. The van der Waals surface area contributed by atoms with Gasteiger partial charge in [0.05, 0.1) is 0 Å². The highest BCUT2D eigenvalue weighted by Crippen LogP contribution is 2.57. The van der Waals surface area contributed by atoms with Crippen molar-refractivity contribution in [3.8, 4) is 5.75 Å². The van der Waals surface area contributed by atoms with Gasteiger partial charge in [0.15, 0.2) is 0 Å². The van der Waals surface area contributed by atoms with E-state index in [1.165, 1.54) is 56.3 Å². The Morgan fingerprint density at radius 1 is 1.37 bits per heavy atom. The number of fused-ring (bicyclic) bond motifs is 1. The summed E-state index contributed by atoms with van der Waals surface area (Å²) in [5.74, 6) is 1.28. The van der Waals surface area contributed by atoms with Crippen molar-refractivity contribution >= 4 is 0 Å². The average molecular weight is 257 g/mol. The second-order valence-corrected chi connectivity index (χ2v) is 6.65. The number of likely N-dealkylation sites (tertiary alicyclic amines) is 1. The van der Waals surface area contributed by atoms with Crippen LogP contribution in [0.3, 0.4) is 0 Å². The summed E-state index contributed by atoms with van der Waals surface area (Å²) in [7, 11) is 0. The molecule has 2 bridgehead atoms. The molecule has 0 spiro atoms. The van der Waals surface area contributed by atoms with Crippen LogP contribution in [0.1, 0.15) is 43.7 Å². The molecule has 102 valence electrons. The van der Waals surface area contributed by atoms with Crippen LogP contribution in [0.5, 0.6) is 5.75 Å².